The van der Waals surface area contributed by atoms with E-state index in [0.29, 0.717) is 18.7 Å². The van der Waals surface area contributed by atoms with Crippen LogP contribution in [0.15, 0.2) is 59.5 Å². The minimum Gasteiger partial charge on any atom is -0.354 e. The van der Waals surface area contributed by atoms with Gasteiger partial charge in [0.2, 0.25) is 15.9 Å². The molecule has 0 aromatic heterocycles. The second kappa shape index (κ2) is 9.84. The second-order valence-electron chi connectivity index (χ2n) is 7.19. The van der Waals surface area contributed by atoms with Crippen molar-refractivity contribution >= 4 is 21.8 Å². The third-order valence-corrected chi connectivity index (χ3v) is 6.69. The molecule has 1 aliphatic heterocycles. The van der Waals surface area contributed by atoms with Gasteiger partial charge in [0.25, 0.3) is 5.91 Å². The lowest BCUT2D eigenvalue weighted by Gasteiger charge is -2.25. The summed E-state index contributed by atoms with van der Waals surface area (Å²) >= 11 is 0. The molecule has 0 atom stereocenters. The first-order chi connectivity index (χ1) is 14.4. The van der Waals surface area contributed by atoms with Gasteiger partial charge in [-0.05, 0) is 36.9 Å². The van der Waals surface area contributed by atoms with Gasteiger partial charge in [0.1, 0.15) is 0 Å². The molecule has 0 aliphatic carbocycles. The van der Waals surface area contributed by atoms with Crippen LogP contribution in [0.2, 0.25) is 0 Å². The van der Waals surface area contributed by atoms with Crippen LogP contribution in [0.3, 0.4) is 0 Å². The molecule has 8 nitrogen and oxygen atoms in total. The first-order valence-corrected chi connectivity index (χ1v) is 11.2. The van der Waals surface area contributed by atoms with Crippen molar-refractivity contribution in [3.05, 3.63) is 65.7 Å². The Morgan fingerprint density at radius 3 is 2.50 bits per heavy atom. The molecule has 1 heterocycles. The predicted molar refractivity (Wildman–Crippen MR) is 113 cm³/mol. The summed E-state index contributed by atoms with van der Waals surface area (Å²) in [5.41, 5.74) is 1.59. The highest BCUT2D eigenvalue weighted by molar-refractivity contribution is 7.89. The lowest BCUT2D eigenvalue weighted by molar-refractivity contribution is -0.122. The maximum Gasteiger partial charge on any atom is 0.251 e. The molecule has 3 rings (SSSR count). The number of sulfonamides is 1. The van der Waals surface area contributed by atoms with Crippen LogP contribution in [0.5, 0.6) is 0 Å². The van der Waals surface area contributed by atoms with E-state index in [1.165, 1.54) is 29.8 Å². The van der Waals surface area contributed by atoms with Crippen LogP contribution in [0.4, 0.5) is 0 Å². The van der Waals surface area contributed by atoms with Crippen molar-refractivity contribution in [2.45, 2.75) is 11.4 Å². The molecule has 2 N–H and O–H groups in total. The molecule has 9 heteroatoms. The highest BCUT2D eigenvalue weighted by Crippen LogP contribution is 2.17. The number of benzene rings is 2. The molecule has 0 unspecified atom stereocenters. The minimum absolute atomic E-state index is 0.0661. The fourth-order valence-corrected chi connectivity index (χ4v) is 4.58. The molecule has 2 aromatic carbocycles. The number of hydrogen-bond donors (Lipinski definition) is 2. The van der Waals surface area contributed by atoms with Crippen LogP contribution in [0.1, 0.15) is 15.9 Å². The summed E-state index contributed by atoms with van der Waals surface area (Å²) in [4.78, 5) is 26.0. The normalized spacial score (nSPS) is 15.1. The Labute approximate surface area is 176 Å². The number of carbonyl (C=O) groups excluding carboxylic acids is 2. The average Bonchev–Trinajstić information content (AvgIpc) is 2.74. The van der Waals surface area contributed by atoms with Gasteiger partial charge in [0, 0.05) is 38.3 Å². The van der Waals surface area contributed by atoms with Gasteiger partial charge < -0.3 is 15.5 Å². The number of hydrogen-bond acceptors (Lipinski definition) is 5. The second-order valence-corrected chi connectivity index (χ2v) is 9.13. The van der Waals surface area contributed by atoms with E-state index >= 15 is 0 Å². The summed E-state index contributed by atoms with van der Waals surface area (Å²) in [6.45, 7) is 2.28. The molecule has 0 spiro atoms. The summed E-state index contributed by atoms with van der Waals surface area (Å²) in [5.74, 6) is -0.581. The van der Waals surface area contributed by atoms with Gasteiger partial charge in [-0.3, -0.25) is 9.59 Å². The van der Waals surface area contributed by atoms with Crippen molar-refractivity contribution in [2.75, 3.05) is 39.8 Å². The number of carbonyl (C=O) groups is 2. The zero-order valence-corrected chi connectivity index (χ0v) is 17.7. The number of piperazine rings is 1. The Morgan fingerprint density at radius 2 is 1.83 bits per heavy atom. The van der Waals surface area contributed by atoms with E-state index in [4.69, 9.17) is 0 Å². The van der Waals surface area contributed by atoms with Crippen LogP contribution in [-0.2, 0) is 21.4 Å². The maximum atomic E-state index is 12.7. The fourth-order valence-electron chi connectivity index (χ4n) is 3.18. The quantitative estimate of drug-likeness (QED) is 0.641. The van der Waals surface area contributed by atoms with Gasteiger partial charge in [-0.15, -0.1) is 0 Å². The van der Waals surface area contributed by atoms with Crippen molar-refractivity contribution in [3.63, 3.8) is 0 Å². The first kappa shape index (κ1) is 21.9. The van der Waals surface area contributed by atoms with E-state index in [2.05, 4.69) is 27.7 Å². The number of rotatable bonds is 8. The summed E-state index contributed by atoms with van der Waals surface area (Å²) in [5, 5.41) is 5.45. The summed E-state index contributed by atoms with van der Waals surface area (Å²) in [7, 11) is -1.78. The van der Waals surface area contributed by atoms with Crippen LogP contribution < -0.4 is 10.6 Å². The van der Waals surface area contributed by atoms with E-state index in [1.54, 1.807) is 0 Å². The van der Waals surface area contributed by atoms with Crippen molar-refractivity contribution in [1.82, 2.24) is 19.8 Å². The Morgan fingerprint density at radius 1 is 1.13 bits per heavy atom. The molecule has 1 saturated heterocycles. The molecule has 0 radical (unpaired) electrons. The third kappa shape index (κ3) is 5.65. The largest absolute Gasteiger partial charge is 0.354 e. The zero-order valence-electron chi connectivity index (χ0n) is 16.9. The van der Waals surface area contributed by atoms with Crippen molar-refractivity contribution in [3.8, 4) is 0 Å². The number of amides is 2. The van der Waals surface area contributed by atoms with E-state index in [0.717, 1.165) is 10.8 Å². The Hall–Kier alpha value is -2.75. The molecule has 0 saturated carbocycles. The topological polar surface area (TPSA) is 98.8 Å². The average molecular weight is 431 g/mol. The zero-order chi connectivity index (χ0) is 21.6. The predicted octanol–water partition coefficient (Wildman–Crippen LogP) is 0.669. The summed E-state index contributed by atoms with van der Waals surface area (Å²) < 4.78 is 26.4. The standard InChI is InChI=1S/C21H26N4O4S/c1-24(15-17-5-3-2-4-6-17)13-11-23-21(27)18-7-9-19(10-8-18)30(28,29)25-14-12-22-20(26)16-25/h2-10H,11-16H2,1H3,(H,22,26)(H,23,27). The number of nitrogens with one attached hydrogen (secondary N) is 2. The monoisotopic (exact) mass is 430 g/mol. The van der Waals surface area contributed by atoms with Crippen LogP contribution in [0, 0.1) is 0 Å². The van der Waals surface area contributed by atoms with Crippen LogP contribution in [-0.4, -0.2) is 69.2 Å². The first-order valence-electron chi connectivity index (χ1n) is 9.74. The van der Waals surface area contributed by atoms with Gasteiger partial charge in [0.15, 0.2) is 0 Å². The lowest BCUT2D eigenvalue weighted by Crippen LogP contribution is -2.49. The van der Waals surface area contributed by atoms with Crippen molar-refractivity contribution in [1.29, 1.82) is 0 Å². The van der Waals surface area contributed by atoms with E-state index in [-0.39, 0.29) is 36.3 Å². The highest BCUT2D eigenvalue weighted by atomic mass is 32.2. The fraction of sp³-hybridized carbons (Fsp3) is 0.333. The SMILES string of the molecule is CN(CCNC(=O)c1ccc(S(=O)(=O)N2CCNC(=O)C2)cc1)Cc1ccccc1. The molecule has 0 bridgehead atoms. The third-order valence-electron chi connectivity index (χ3n) is 4.83. The molecular weight excluding hydrogens is 404 g/mol. The van der Waals surface area contributed by atoms with E-state index in [1.807, 2.05) is 25.2 Å². The van der Waals surface area contributed by atoms with Crippen molar-refractivity contribution in [2.24, 2.45) is 0 Å². The van der Waals surface area contributed by atoms with Crippen LogP contribution >= 0.6 is 0 Å². The van der Waals surface area contributed by atoms with E-state index in [9.17, 15) is 18.0 Å². The molecule has 30 heavy (non-hydrogen) atoms. The van der Waals surface area contributed by atoms with Gasteiger partial charge in [-0.25, -0.2) is 8.42 Å². The molecule has 2 amide bonds. The Balaban J connectivity index is 1.51. The molecule has 1 aliphatic rings. The molecule has 2 aromatic rings. The Kier molecular flexibility index (Phi) is 7.20. The van der Waals surface area contributed by atoms with Crippen LogP contribution in [0.25, 0.3) is 0 Å². The summed E-state index contributed by atoms with van der Waals surface area (Å²) in [6, 6.07) is 15.9. The molecule has 1 fully saturated rings. The van der Waals surface area contributed by atoms with Crippen molar-refractivity contribution < 1.29 is 18.0 Å². The molecule has 160 valence electrons. The maximum absolute atomic E-state index is 12.7. The van der Waals surface area contributed by atoms with Gasteiger partial charge in [-0.1, -0.05) is 30.3 Å². The number of nitrogens with zero attached hydrogens (tertiary/aromatic N) is 2. The van der Waals surface area contributed by atoms with E-state index < -0.39 is 10.0 Å². The van der Waals surface area contributed by atoms with Gasteiger partial charge in [-0.2, -0.15) is 4.31 Å². The summed E-state index contributed by atoms with van der Waals surface area (Å²) in [6.07, 6.45) is 0. The van der Waals surface area contributed by atoms with Gasteiger partial charge in [0.05, 0.1) is 11.4 Å². The highest BCUT2D eigenvalue weighted by Gasteiger charge is 2.29. The lowest BCUT2D eigenvalue weighted by atomic mass is 10.2. The minimum atomic E-state index is -3.76. The number of likely N-dealkylation sites (N-methyl/N-ethyl adjacent to an activating group) is 1. The smallest absolute Gasteiger partial charge is 0.251 e. The van der Waals surface area contributed by atoms with Gasteiger partial charge >= 0.3 is 0 Å². The Bertz CT molecular complexity index is 978. The molecular formula is C21H26N4O4S.